The summed E-state index contributed by atoms with van der Waals surface area (Å²) in [6.45, 7) is 3.18. The van der Waals surface area contributed by atoms with Crippen molar-refractivity contribution in [2.75, 3.05) is 18.8 Å². The largest absolute Gasteiger partial charge is 0.398 e. The predicted octanol–water partition coefficient (Wildman–Crippen LogP) is 1.38. The molecule has 0 radical (unpaired) electrons. The van der Waals surface area contributed by atoms with Crippen LogP contribution in [0.25, 0.3) is 0 Å². The molecular formula is C14H20N4O3. The van der Waals surface area contributed by atoms with Crippen LogP contribution in [0.5, 0.6) is 0 Å². The molecule has 1 heterocycles. The van der Waals surface area contributed by atoms with Gasteiger partial charge in [0.15, 0.2) is 0 Å². The molecule has 4 N–H and O–H groups in total. The number of non-ortho nitro benzene ring substituents is 1. The quantitative estimate of drug-likeness (QED) is 0.496. The maximum atomic E-state index is 12.5. The number of carbonyl (C=O) groups is 1. The number of hydrogen-bond acceptors (Lipinski definition) is 5. The summed E-state index contributed by atoms with van der Waals surface area (Å²) in [7, 11) is 0. The van der Waals surface area contributed by atoms with Crippen LogP contribution in [0.1, 0.15) is 30.1 Å². The summed E-state index contributed by atoms with van der Waals surface area (Å²) < 4.78 is 0. The predicted molar refractivity (Wildman–Crippen MR) is 79.8 cm³/mol. The second-order valence-electron chi connectivity index (χ2n) is 5.52. The van der Waals surface area contributed by atoms with Gasteiger partial charge in [-0.2, -0.15) is 0 Å². The first-order valence-corrected chi connectivity index (χ1v) is 6.99. The summed E-state index contributed by atoms with van der Waals surface area (Å²) in [5.41, 5.74) is 12.0. The summed E-state index contributed by atoms with van der Waals surface area (Å²) in [4.78, 5) is 24.4. The van der Waals surface area contributed by atoms with Crippen molar-refractivity contribution in [3.8, 4) is 0 Å². The fourth-order valence-corrected chi connectivity index (χ4v) is 2.64. The molecule has 1 aromatic rings. The first-order chi connectivity index (χ1) is 9.90. The molecule has 0 saturated carbocycles. The van der Waals surface area contributed by atoms with Crippen LogP contribution in [0, 0.1) is 16.0 Å². The van der Waals surface area contributed by atoms with Gasteiger partial charge >= 0.3 is 0 Å². The zero-order chi connectivity index (χ0) is 15.6. The molecule has 1 aromatic carbocycles. The van der Waals surface area contributed by atoms with Gasteiger partial charge in [-0.1, -0.05) is 0 Å². The number of nitro benzene ring substituents is 1. The lowest BCUT2D eigenvalue weighted by molar-refractivity contribution is -0.384. The summed E-state index contributed by atoms with van der Waals surface area (Å²) in [5, 5.41) is 10.8. The second-order valence-corrected chi connectivity index (χ2v) is 5.52. The van der Waals surface area contributed by atoms with Crippen molar-refractivity contribution in [1.82, 2.24) is 4.90 Å². The van der Waals surface area contributed by atoms with Gasteiger partial charge < -0.3 is 16.4 Å². The lowest BCUT2D eigenvalue weighted by Crippen LogP contribution is -2.42. The summed E-state index contributed by atoms with van der Waals surface area (Å²) in [6, 6.07) is 4.06. The molecule has 0 spiro atoms. The molecule has 0 aromatic heterocycles. The Labute approximate surface area is 123 Å². The Morgan fingerprint density at radius 1 is 1.43 bits per heavy atom. The number of rotatable bonds is 3. The van der Waals surface area contributed by atoms with Gasteiger partial charge in [-0.05, 0) is 31.7 Å². The number of anilines is 1. The number of carbonyl (C=O) groups excluding carboxylic acids is 1. The second kappa shape index (κ2) is 6.09. The Morgan fingerprint density at radius 2 is 2.05 bits per heavy atom. The molecule has 21 heavy (non-hydrogen) atoms. The number of nitrogens with two attached hydrogens (primary N) is 2. The standard InChI is InChI=1S/C14H20N4O3/c1-9(15)10-4-6-17(7-5-10)14(19)12-8-11(18(20)21)2-3-13(12)16/h2-3,8-10H,4-7,15-16H2,1H3. The van der Waals surface area contributed by atoms with Crippen molar-refractivity contribution >= 4 is 17.3 Å². The third-order valence-corrected chi connectivity index (χ3v) is 4.05. The van der Waals surface area contributed by atoms with Gasteiger partial charge in [-0.15, -0.1) is 0 Å². The Bertz CT molecular complexity index is 551. The normalized spacial score (nSPS) is 17.5. The Morgan fingerprint density at radius 3 is 2.57 bits per heavy atom. The number of nitrogen functional groups attached to an aromatic ring is 1. The molecule has 7 nitrogen and oxygen atoms in total. The van der Waals surface area contributed by atoms with E-state index in [9.17, 15) is 14.9 Å². The molecule has 7 heteroatoms. The van der Waals surface area contributed by atoms with Crippen LogP contribution in [-0.2, 0) is 0 Å². The molecule has 1 unspecified atom stereocenters. The molecule has 114 valence electrons. The molecule has 2 rings (SSSR count). The Hall–Kier alpha value is -2.15. The van der Waals surface area contributed by atoms with E-state index >= 15 is 0 Å². The lowest BCUT2D eigenvalue weighted by atomic mass is 9.90. The van der Waals surface area contributed by atoms with Crippen LogP contribution < -0.4 is 11.5 Å². The number of benzene rings is 1. The highest BCUT2D eigenvalue weighted by atomic mass is 16.6. The van der Waals surface area contributed by atoms with E-state index in [0.717, 1.165) is 12.8 Å². The molecule has 1 aliphatic rings. The Kier molecular flexibility index (Phi) is 4.42. The third-order valence-electron chi connectivity index (χ3n) is 4.05. The van der Waals surface area contributed by atoms with Crippen molar-refractivity contribution < 1.29 is 9.72 Å². The SMILES string of the molecule is CC(N)C1CCN(C(=O)c2cc([N+](=O)[O-])ccc2N)CC1. The molecule has 1 atom stereocenters. The van der Waals surface area contributed by atoms with Crippen LogP contribution in [0.15, 0.2) is 18.2 Å². The highest BCUT2D eigenvalue weighted by Crippen LogP contribution is 2.25. The van der Waals surface area contributed by atoms with Crippen LogP contribution in [-0.4, -0.2) is 34.9 Å². The van der Waals surface area contributed by atoms with Gasteiger partial charge in [0.05, 0.1) is 10.5 Å². The first-order valence-electron chi connectivity index (χ1n) is 6.99. The van der Waals surface area contributed by atoms with Crippen molar-refractivity contribution in [3.05, 3.63) is 33.9 Å². The van der Waals surface area contributed by atoms with Gasteiger partial charge in [0.1, 0.15) is 0 Å². The maximum absolute atomic E-state index is 12.5. The van der Waals surface area contributed by atoms with Crippen molar-refractivity contribution in [2.24, 2.45) is 11.7 Å². The van der Waals surface area contributed by atoms with Crippen molar-refractivity contribution in [3.63, 3.8) is 0 Å². The van der Waals surface area contributed by atoms with Crippen molar-refractivity contribution in [2.45, 2.75) is 25.8 Å². The van der Waals surface area contributed by atoms with Crippen LogP contribution in [0.2, 0.25) is 0 Å². The average Bonchev–Trinajstić information content (AvgIpc) is 2.47. The molecule has 1 fully saturated rings. The number of amides is 1. The number of nitrogens with zero attached hydrogens (tertiary/aromatic N) is 2. The average molecular weight is 292 g/mol. The number of nitro groups is 1. The summed E-state index contributed by atoms with van der Waals surface area (Å²) in [6.07, 6.45) is 1.69. The van der Waals surface area contributed by atoms with E-state index in [1.165, 1.54) is 18.2 Å². The van der Waals surface area contributed by atoms with E-state index in [1.807, 2.05) is 6.92 Å². The summed E-state index contributed by atoms with van der Waals surface area (Å²) >= 11 is 0. The topological polar surface area (TPSA) is 115 Å². The van der Waals surface area contributed by atoms with Gasteiger partial charge in [0.25, 0.3) is 11.6 Å². The zero-order valence-electron chi connectivity index (χ0n) is 12.0. The first kappa shape index (κ1) is 15.2. The minimum absolute atomic E-state index is 0.116. The summed E-state index contributed by atoms with van der Waals surface area (Å²) in [5.74, 6) is 0.163. The highest BCUT2D eigenvalue weighted by Gasteiger charge is 2.27. The van der Waals surface area contributed by atoms with E-state index < -0.39 is 4.92 Å². The molecule has 1 aliphatic heterocycles. The van der Waals surface area contributed by atoms with E-state index in [-0.39, 0.29) is 28.9 Å². The highest BCUT2D eigenvalue weighted by molar-refractivity contribution is 5.99. The smallest absolute Gasteiger partial charge is 0.270 e. The van der Waals surface area contributed by atoms with Crippen LogP contribution in [0.3, 0.4) is 0 Å². The molecule has 0 aliphatic carbocycles. The monoisotopic (exact) mass is 292 g/mol. The van der Waals surface area contributed by atoms with Crippen LogP contribution in [0.4, 0.5) is 11.4 Å². The van der Waals surface area contributed by atoms with Crippen LogP contribution >= 0.6 is 0 Å². The van der Waals surface area contributed by atoms with Gasteiger partial charge in [-0.25, -0.2) is 0 Å². The number of likely N-dealkylation sites (tertiary alicyclic amines) is 1. The van der Waals surface area contributed by atoms with E-state index in [1.54, 1.807) is 4.90 Å². The Balaban J connectivity index is 2.14. The molecular weight excluding hydrogens is 272 g/mol. The third kappa shape index (κ3) is 3.30. The molecule has 1 amide bonds. The van der Waals surface area contributed by atoms with Gasteiger partial charge in [0, 0.05) is 37.0 Å². The number of hydrogen-bond donors (Lipinski definition) is 2. The fourth-order valence-electron chi connectivity index (χ4n) is 2.64. The molecule has 0 bridgehead atoms. The minimum atomic E-state index is -0.529. The lowest BCUT2D eigenvalue weighted by Gasteiger charge is -2.33. The van der Waals surface area contributed by atoms with E-state index in [2.05, 4.69) is 0 Å². The van der Waals surface area contributed by atoms with Gasteiger partial charge in [-0.3, -0.25) is 14.9 Å². The maximum Gasteiger partial charge on any atom is 0.270 e. The number of piperidine rings is 1. The van der Waals surface area contributed by atoms with Crippen molar-refractivity contribution in [1.29, 1.82) is 0 Å². The van der Waals surface area contributed by atoms with Gasteiger partial charge in [0.2, 0.25) is 0 Å². The minimum Gasteiger partial charge on any atom is -0.398 e. The van der Waals surface area contributed by atoms with E-state index in [4.69, 9.17) is 11.5 Å². The fraction of sp³-hybridized carbons (Fsp3) is 0.500. The zero-order valence-corrected chi connectivity index (χ0v) is 12.0. The van der Waals surface area contributed by atoms with E-state index in [0.29, 0.717) is 19.0 Å². The molecule has 1 saturated heterocycles.